The molecule has 0 aliphatic heterocycles. The normalized spacial score (nSPS) is 10.8. The average molecular weight is 318 g/mol. The van der Waals surface area contributed by atoms with Gasteiger partial charge in [-0.25, -0.2) is 8.78 Å². The van der Waals surface area contributed by atoms with Crippen LogP contribution in [0.25, 0.3) is 0 Å². The Labute approximate surface area is 134 Å². The minimum absolute atomic E-state index is 0.0917. The van der Waals surface area contributed by atoms with E-state index in [1.165, 1.54) is 24.3 Å². The molecule has 0 unspecified atom stereocenters. The Kier molecular flexibility index (Phi) is 6.23. The third-order valence-electron chi connectivity index (χ3n) is 3.40. The van der Waals surface area contributed by atoms with Crippen LogP contribution in [0.4, 0.5) is 8.78 Å². The smallest absolute Gasteiger partial charge is 0.234 e. The third-order valence-corrected chi connectivity index (χ3v) is 3.40. The molecule has 0 radical (unpaired) electrons. The van der Waals surface area contributed by atoms with Crippen molar-refractivity contribution in [3.05, 3.63) is 71.3 Å². The fraction of sp³-hybridized carbons (Fsp3) is 0.278. The fourth-order valence-corrected chi connectivity index (χ4v) is 2.30. The lowest BCUT2D eigenvalue weighted by atomic mass is 10.1. The maximum atomic E-state index is 13.1. The van der Waals surface area contributed by atoms with E-state index in [0.717, 1.165) is 11.1 Å². The third kappa shape index (κ3) is 6.16. The van der Waals surface area contributed by atoms with Gasteiger partial charge in [-0.1, -0.05) is 24.3 Å². The van der Waals surface area contributed by atoms with Crippen LogP contribution in [0.1, 0.15) is 11.1 Å². The van der Waals surface area contributed by atoms with Crippen LogP contribution in [-0.4, -0.2) is 30.9 Å². The number of halogens is 2. The zero-order valence-electron chi connectivity index (χ0n) is 13.1. The predicted octanol–water partition coefficient (Wildman–Crippen LogP) is 2.76. The SMILES string of the molecule is CN(CC(=O)NCCc1ccc(F)cc1)Cc1cccc(F)c1. The summed E-state index contributed by atoms with van der Waals surface area (Å²) in [6.07, 6.45) is 0.652. The van der Waals surface area contributed by atoms with E-state index in [9.17, 15) is 13.6 Å². The van der Waals surface area contributed by atoms with Crippen molar-refractivity contribution in [3.8, 4) is 0 Å². The van der Waals surface area contributed by atoms with Gasteiger partial charge < -0.3 is 5.32 Å². The quantitative estimate of drug-likeness (QED) is 0.851. The van der Waals surface area contributed by atoms with Crippen LogP contribution in [0.15, 0.2) is 48.5 Å². The molecule has 2 rings (SSSR count). The molecule has 1 amide bonds. The maximum absolute atomic E-state index is 13.1. The van der Waals surface area contributed by atoms with Gasteiger partial charge in [0.2, 0.25) is 5.91 Å². The predicted molar refractivity (Wildman–Crippen MR) is 85.8 cm³/mol. The molecule has 0 atom stereocenters. The topological polar surface area (TPSA) is 32.3 Å². The first-order valence-corrected chi connectivity index (χ1v) is 7.47. The largest absolute Gasteiger partial charge is 0.355 e. The molecule has 2 aromatic carbocycles. The molecule has 122 valence electrons. The van der Waals surface area contributed by atoms with Crippen molar-refractivity contribution in [2.45, 2.75) is 13.0 Å². The number of likely N-dealkylation sites (N-methyl/N-ethyl adjacent to an activating group) is 1. The second-order valence-electron chi connectivity index (χ2n) is 5.53. The summed E-state index contributed by atoms with van der Waals surface area (Å²) in [4.78, 5) is 13.7. The van der Waals surface area contributed by atoms with Gasteiger partial charge >= 0.3 is 0 Å². The molecule has 3 nitrogen and oxygen atoms in total. The second kappa shape index (κ2) is 8.39. The first kappa shape index (κ1) is 17.1. The molecule has 23 heavy (non-hydrogen) atoms. The van der Waals surface area contributed by atoms with Gasteiger partial charge in [0, 0.05) is 13.1 Å². The van der Waals surface area contributed by atoms with Crippen molar-refractivity contribution in [2.24, 2.45) is 0 Å². The standard InChI is InChI=1S/C18H20F2N2O/c1-22(12-15-3-2-4-17(20)11-15)13-18(23)21-10-9-14-5-7-16(19)8-6-14/h2-8,11H,9-10,12-13H2,1H3,(H,21,23). The highest BCUT2D eigenvalue weighted by Crippen LogP contribution is 2.06. The number of carbonyl (C=O) groups is 1. The Hall–Kier alpha value is -2.27. The summed E-state index contributed by atoms with van der Waals surface area (Å²) in [5.74, 6) is -0.637. The number of nitrogens with zero attached hydrogens (tertiary/aromatic N) is 1. The maximum Gasteiger partial charge on any atom is 0.234 e. The van der Waals surface area contributed by atoms with Crippen LogP contribution in [0.5, 0.6) is 0 Å². The molecule has 0 aliphatic carbocycles. The van der Waals surface area contributed by atoms with Gasteiger partial charge in [0.1, 0.15) is 11.6 Å². The zero-order valence-corrected chi connectivity index (χ0v) is 13.1. The van der Waals surface area contributed by atoms with Gasteiger partial charge in [0.15, 0.2) is 0 Å². The summed E-state index contributed by atoms with van der Waals surface area (Å²) in [7, 11) is 1.81. The van der Waals surface area contributed by atoms with Gasteiger partial charge in [-0.3, -0.25) is 9.69 Å². The molecule has 0 spiro atoms. The van der Waals surface area contributed by atoms with Crippen molar-refractivity contribution in [1.82, 2.24) is 10.2 Å². The van der Waals surface area contributed by atoms with Gasteiger partial charge in [-0.05, 0) is 48.9 Å². The van der Waals surface area contributed by atoms with Crippen LogP contribution in [0, 0.1) is 11.6 Å². The summed E-state index contributed by atoms with van der Waals surface area (Å²) in [6, 6.07) is 12.6. The number of nitrogens with one attached hydrogen (secondary N) is 1. The second-order valence-corrected chi connectivity index (χ2v) is 5.53. The van der Waals surface area contributed by atoms with Gasteiger partial charge in [0.25, 0.3) is 0 Å². The van der Waals surface area contributed by atoms with E-state index in [0.29, 0.717) is 19.5 Å². The molecule has 0 heterocycles. The minimum atomic E-state index is -0.278. The monoisotopic (exact) mass is 318 g/mol. The lowest BCUT2D eigenvalue weighted by Gasteiger charge is -2.16. The first-order valence-electron chi connectivity index (χ1n) is 7.47. The van der Waals surface area contributed by atoms with Crippen LogP contribution in [0.3, 0.4) is 0 Å². The van der Waals surface area contributed by atoms with Crippen LogP contribution < -0.4 is 5.32 Å². The molecule has 2 aromatic rings. The summed E-state index contributed by atoms with van der Waals surface area (Å²) in [5, 5.41) is 2.83. The number of hydrogen-bond acceptors (Lipinski definition) is 2. The van der Waals surface area contributed by atoms with Gasteiger partial charge in [-0.2, -0.15) is 0 Å². The van der Waals surface area contributed by atoms with Crippen molar-refractivity contribution in [1.29, 1.82) is 0 Å². The number of carbonyl (C=O) groups excluding carboxylic acids is 1. The molecule has 5 heteroatoms. The molecule has 1 N–H and O–H groups in total. The van der Waals surface area contributed by atoms with E-state index >= 15 is 0 Å². The highest BCUT2D eigenvalue weighted by Gasteiger charge is 2.07. The van der Waals surface area contributed by atoms with E-state index in [1.54, 1.807) is 18.2 Å². The van der Waals surface area contributed by atoms with E-state index < -0.39 is 0 Å². The Morgan fingerprint density at radius 2 is 1.78 bits per heavy atom. The number of rotatable bonds is 7. The molecule has 0 saturated carbocycles. The Balaban J connectivity index is 1.70. The summed E-state index contributed by atoms with van der Waals surface area (Å²) < 4.78 is 25.9. The lowest BCUT2D eigenvalue weighted by Crippen LogP contribution is -2.35. The van der Waals surface area contributed by atoms with Crippen molar-refractivity contribution in [3.63, 3.8) is 0 Å². The van der Waals surface area contributed by atoms with E-state index in [-0.39, 0.29) is 24.1 Å². The van der Waals surface area contributed by atoms with Crippen LogP contribution in [0.2, 0.25) is 0 Å². The lowest BCUT2D eigenvalue weighted by molar-refractivity contribution is -0.122. The van der Waals surface area contributed by atoms with Crippen molar-refractivity contribution >= 4 is 5.91 Å². The van der Waals surface area contributed by atoms with Gasteiger partial charge in [0.05, 0.1) is 6.54 Å². The summed E-state index contributed by atoms with van der Waals surface area (Å²) in [5.41, 5.74) is 1.80. The van der Waals surface area contributed by atoms with Crippen molar-refractivity contribution in [2.75, 3.05) is 20.1 Å². The first-order chi connectivity index (χ1) is 11.0. The van der Waals surface area contributed by atoms with Crippen LogP contribution >= 0.6 is 0 Å². The molecular weight excluding hydrogens is 298 g/mol. The fourth-order valence-electron chi connectivity index (χ4n) is 2.30. The number of hydrogen-bond donors (Lipinski definition) is 1. The van der Waals surface area contributed by atoms with E-state index in [4.69, 9.17) is 0 Å². The average Bonchev–Trinajstić information content (AvgIpc) is 2.49. The number of benzene rings is 2. The Morgan fingerprint density at radius 3 is 2.48 bits per heavy atom. The van der Waals surface area contributed by atoms with Crippen LogP contribution in [-0.2, 0) is 17.8 Å². The molecule has 0 fully saturated rings. The number of amides is 1. The van der Waals surface area contributed by atoms with E-state index in [1.807, 2.05) is 18.0 Å². The Morgan fingerprint density at radius 1 is 1.04 bits per heavy atom. The van der Waals surface area contributed by atoms with Crippen molar-refractivity contribution < 1.29 is 13.6 Å². The molecule has 0 aliphatic rings. The minimum Gasteiger partial charge on any atom is -0.355 e. The highest BCUT2D eigenvalue weighted by molar-refractivity contribution is 5.77. The van der Waals surface area contributed by atoms with E-state index in [2.05, 4.69) is 5.32 Å². The molecular formula is C18H20F2N2O. The highest BCUT2D eigenvalue weighted by atomic mass is 19.1. The summed E-state index contributed by atoms with van der Waals surface area (Å²) >= 11 is 0. The van der Waals surface area contributed by atoms with Gasteiger partial charge in [-0.15, -0.1) is 0 Å². The molecule has 0 bridgehead atoms. The Bertz CT molecular complexity index is 644. The summed E-state index contributed by atoms with van der Waals surface area (Å²) in [6.45, 7) is 1.24. The molecule has 0 saturated heterocycles. The molecule has 0 aromatic heterocycles. The zero-order chi connectivity index (χ0) is 16.7.